The molecule has 2 rings (SSSR count). The summed E-state index contributed by atoms with van der Waals surface area (Å²) < 4.78 is 60.7. The summed E-state index contributed by atoms with van der Waals surface area (Å²) in [5.74, 6) is -0.772. The van der Waals surface area contributed by atoms with Gasteiger partial charge in [-0.1, -0.05) is 13.8 Å². The van der Waals surface area contributed by atoms with Crippen molar-refractivity contribution >= 4 is 23.8 Å². The van der Waals surface area contributed by atoms with Gasteiger partial charge in [0.05, 0.1) is 24.4 Å². The van der Waals surface area contributed by atoms with Crippen LogP contribution >= 0.6 is 7.82 Å². The van der Waals surface area contributed by atoms with Crippen molar-refractivity contribution in [1.29, 1.82) is 0 Å². The average molecular weight is 479 g/mol. The first kappa shape index (κ1) is 25.8. The molecule has 1 N–H and O–H groups in total. The number of phosphoric acid groups is 1. The fourth-order valence-corrected chi connectivity index (χ4v) is 5.96. The van der Waals surface area contributed by atoms with Gasteiger partial charge in [0.15, 0.2) is 0 Å². The van der Waals surface area contributed by atoms with E-state index in [9.17, 15) is 17.8 Å². The molecule has 31 heavy (non-hydrogen) atoms. The lowest BCUT2D eigenvalue weighted by Crippen LogP contribution is -2.32. The predicted molar refractivity (Wildman–Crippen MR) is 112 cm³/mol. The van der Waals surface area contributed by atoms with Gasteiger partial charge in [0.1, 0.15) is 24.0 Å². The Morgan fingerprint density at radius 2 is 1.65 bits per heavy atom. The number of hydrogen-bond acceptors (Lipinski definition) is 9. The van der Waals surface area contributed by atoms with E-state index < -0.39 is 42.7 Å². The van der Waals surface area contributed by atoms with Gasteiger partial charge in [0.25, 0.3) is 15.9 Å². The van der Waals surface area contributed by atoms with Crippen molar-refractivity contribution in [3.05, 3.63) is 23.3 Å². The molecule has 0 saturated carbocycles. The third-order valence-corrected chi connectivity index (χ3v) is 7.63. The van der Waals surface area contributed by atoms with Gasteiger partial charge in [0, 0.05) is 6.07 Å². The number of nitrogens with zero attached hydrogens (tertiary/aromatic N) is 1. The molecule has 1 aromatic carbocycles. The number of ether oxygens (including phenoxy) is 1. The molecule has 1 heterocycles. The Hall–Kier alpha value is -1.49. The van der Waals surface area contributed by atoms with Crippen LogP contribution in [0.4, 0.5) is 0 Å². The molecule has 12 heteroatoms. The number of phosphoric ester groups is 1. The summed E-state index contributed by atoms with van der Waals surface area (Å²) in [7, 11) is -8.42. The minimum absolute atomic E-state index is 0.0133. The van der Waals surface area contributed by atoms with E-state index in [2.05, 4.69) is 0 Å². The Labute approximate surface area is 183 Å². The molecule has 10 nitrogen and oxygen atoms in total. The number of rotatable bonds is 11. The lowest BCUT2D eigenvalue weighted by molar-refractivity contribution is 0.0496. The smallest absolute Gasteiger partial charge is 0.477 e. The molecule has 0 aromatic heterocycles. The fraction of sp³-hybridized carbons (Fsp3) is 0.632. The Kier molecular flexibility index (Phi) is 8.29. The number of aliphatic hydroxyl groups is 1. The standard InChI is InChI=1S/C19H30NO9PS/c1-12(2)16-9-15(26-8-7-21)10-17-18(16)19(22)20(31(17,24)25)11-27-30(23,28-13(3)4)29-14(5)6/h9-10,12-14,21H,7-8,11H2,1-6H3. The molecule has 1 amide bonds. The van der Waals surface area contributed by atoms with Crippen LogP contribution in [0.1, 0.15) is 63.4 Å². The number of carbonyl (C=O) groups excluding carboxylic acids is 1. The molecule has 0 saturated heterocycles. The molecule has 0 unspecified atom stereocenters. The highest BCUT2D eigenvalue weighted by Gasteiger charge is 2.45. The maximum Gasteiger partial charge on any atom is 0.477 e. The summed E-state index contributed by atoms with van der Waals surface area (Å²) in [6.07, 6.45) is -1.04. The molecule has 176 valence electrons. The highest BCUT2D eigenvalue weighted by Crippen LogP contribution is 2.52. The Bertz CT molecular complexity index is 945. The van der Waals surface area contributed by atoms with Gasteiger partial charge in [-0.15, -0.1) is 0 Å². The largest absolute Gasteiger partial charge is 0.491 e. The molecule has 0 fully saturated rings. The zero-order valence-corrected chi connectivity index (χ0v) is 20.2. The third kappa shape index (κ3) is 5.85. The SMILES string of the molecule is CC(C)OP(=O)(OCN1C(=O)c2c(C(C)C)cc(OCCO)cc2S1(=O)=O)OC(C)C. The van der Waals surface area contributed by atoms with Gasteiger partial charge in [-0.25, -0.2) is 17.3 Å². The van der Waals surface area contributed by atoms with E-state index in [4.69, 9.17) is 23.4 Å². The predicted octanol–water partition coefficient (Wildman–Crippen LogP) is 3.26. The van der Waals surface area contributed by atoms with Crippen LogP contribution in [0.15, 0.2) is 17.0 Å². The van der Waals surface area contributed by atoms with Crippen molar-refractivity contribution in [1.82, 2.24) is 4.31 Å². The van der Waals surface area contributed by atoms with Crippen LogP contribution in [0.5, 0.6) is 5.75 Å². The van der Waals surface area contributed by atoms with Gasteiger partial charge in [-0.05, 0) is 45.2 Å². The van der Waals surface area contributed by atoms with E-state index in [0.29, 0.717) is 9.87 Å². The molecule has 0 bridgehead atoms. The highest BCUT2D eigenvalue weighted by molar-refractivity contribution is 7.90. The Morgan fingerprint density at radius 3 is 2.13 bits per heavy atom. The molecular weight excluding hydrogens is 449 g/mol. The number of fused-ring (bicyclic) bond motifs is 1. The van der Waals surface area contributed by atoms with Crippen LogP contribution in [0.2, 0.25) is 0 Å². The van der Waals surface area contributed by atoms with Crippen molar-refractivity contribution in [3.8, 4) is 5.75 Å². The molecule has 1 aliphatic heterocycles. The molecule has 0 radical (unpaired) electrons. The summed E-state index contributed by atoms with van der Waals surface area (Å²) in [6.45, 7) is 8.99. The fourth-order valence-electron chi connectivity index (χ4n) is 2.95. The molecule has 1 aromatic rings. The van der Waals surface area contributed by atoms with Crippen LogP contribution in [0.25, 0.3) is 0 Å². The minimum atomic E-state index is -4.29. The number of hydrogen-bond donors (Lipinski definition) is 1. The van der Waals surface area contributed by atoms with Crippen LogP contribution in [-0.4, -0.2) is 55.9 Å². The maximum atomic E-state index is 13.1. The summed E-state index contributed by atoms with van der Waals surface area (Å²) >= 11 is 0. The van der Waals surface area contributed by atoms with Crippen molar-refractivity contribution in [2.45, 2.75) is 64.6 Å². The van der Waals surface area contributed by atoms with Crippen LogP contribution in [-0.2, 0) is 28.2 Å². The van der Waals surface area contributed by atoms with E-state index in [0.717, 1.165) is 0 Å². The molecule has 0 spiro atoms. The van der Waals surface area contributed by atoms with Gasteiger partial charge < -0.3 is 9.84 Å². The van der Waals surface area contributed by atoms with Crippen molar-refractivity contribution < 1.29 is 41.2 Å². The number of carbonyl (C=O) groups is 1. The van der Waals surface area contributed by atoms with Crippen molar-refractivity contribution in [3.63, 3.8) is 0 Å². The van der Waals surface area contributed by atoms with Crippen LogP contribution in [0, 0.1) is 0 Å². The van der Waals surface area contributed by atoms with Gasteiger partial charge in [0.2, 0.25) is 0 Å². The second-order valence-corrected chi connectivity index (χ2v) is 11.2. The lowest BCUT2D eigenvalue weighted by atomic mass is 9.96. The zero-order valence-electron chi connectivity index (χ0n) is 18.5. The normalized spacial score (nSPS) is 15.9. The molecule has 1 aliphatic rings. The third-order valence-electron chi connectivity index (χ3n) is 4.11. The van der Waals surface area contributed by atoms with Gasteiger partial charge in [-0.3, -0.25) is 18.4 Å². The number of benzene rings is 1. The number of aliphatic hydroxyl groups excluding tert-OH is 1. The minimum Gasteiger partial charge on any atom is -0.491 e. The van der Waals surface area contributed by atoms with Crippen molar-refractivity contribution in [2.24, 2.45) is 0 Å². The summed E-state index contributed by atoms with van der Waals surface area (Å²) in [6, 6.07) is 2.81. The zero-order chi connectivity index (χ0) is 23.6. The summed E-state index contributed by atoms with van der Waals surface area (Å²) in [5.41, 5.74) is 0.487. The topological polar surface area (TPSA) is 129 Å². The van der Waals surface area contributed by atoms with Gasteiger partial charge in [-0.2, -0.15) is 0 Å². The Morgan fingerprint density at radius 1 is 1.06 bits per heavy atom. The molecule has 0 atom stereocenters. The second kappa shape index (κ2) is 9.97. The first-order chi connectivity index (χ1) is 14.3. The summed E-state index contributed by atoms with van der Waals surface area (Å²) in [4.78, 5) is 12.8. The van der Waals surface area contributed by atoms with E-state index in [1.54, 1.807) is 33.8 Å². The average Bonchev–Trinajstić information content (AvgIpc) is 2.82. The second-order valence-electron chi connectivity index (χ2n) is 7.78. The van der Waals surface area contributed by atoms with Crippen LogP contribution in [0.3, 0.4) is 0 Å². The van der Waals surface area contributed by atoms with E-state index in [1.165, 1.54) is 6.07 Å². The van der Waals surface area contributed by atoms with E-state index in [-0.39, 0.29) is 35.3 Å². The lowest BCUT2D eigenvalue weighted by Gasteiger charge is -2.24. The molecule has 0 aliphatic carbocycles. The highest BCUT2D eigenvalue weighted by atomic mass is 32.2. The first-order valence-corrected chi connectivity index (χ1v) is 12.8. The molecular formula is C19H30NO9PS. The number of sulfonamides is 1. The quantitative estimate of drug-likeness (QED) is 0.476. The maximum absolute atomic E-state index is 13.1. The summed E-state index contributed by atoms with van der Waals surface area (Å²) in [5, 5.41) is 8.98. The van der Waals surface area contributed by atoms with Gasteiger partial charge >= 0.3 is 7.82 Å². The van der Waals surface area contributed by atoms with Crippen LogP contribution < -0.4 is 4.74 Å². The first-order valence-electron chi connectivity index (χ1n) is 9.92. The monoisotopic (exact) mass is 479 g/mol. The van der Waals surface area contributed by atoms with Crippen molar-refractivity contribution in [2.75, 3.05) is 19.9 Å². The van der Waals surface area contributed by atoms with E-state index in [1.807, 2.05) is 13.8 Å². The number of amides is 1. The van der Waals surface area contributed by atoms with E-state index >= 15 is 0 Å². The Balaban J connectivity index is 2.41.